The van der Waals surface area contributed by atoms with Crippen molar-refractivity contribution in [3.05, 3.63) is 59.1 Å². The van der Waals surface area contributed by atoms with E-state index < -0.39 is 0 Å². The molecular weight excluding hydrogens is 401 g/mol. The van der Waals surface area contributed by atoms with Crippen LogP contribution >= 0.6 is 15.9 Å². The molecule has 3 aromatic rings. The Bertz CT molecular complexity index is 879. The third kappa shape index (κ3) is 4.74. The van der Waals surface area contributed by atoms with Crippen molar-refractivity contribution in [1.82, 2.24) is 15.0 Å². The van der Waals surface area contributed by atoms with Crippen molar-refractivity contribution in [2.24, 2.45) is 0 Å². The molecule has 1 aromatic carbocycles. The van der Waals surface area contributed by atoms with E-state index in [0.717, 1.165) is 5.56 Å². The van der Waals surface area contributed by atoms with Crippen LogP contribution in [0.3, 0.4) is 0 Å². The molecule has 0 unspecified atom stereocenters. The molecule has 0 saturated carbocycles. The Labute approximate surface area is 158 Å². The minimum Gasteiger partial charge on any atom is -0.396 e. The molecule has 134 valence electrons. The van der Waals surface area contributed by atoms with Gasteiger partial charge >= 0.3 is 0 Å². The number of aliphatic hydroxyl groups excluding tert-OH is 1. The van der Waals surface area contributed by atoms with Crippen LogP contribution in [0.1, 0.15) is 6.42 Å². The molecule has 2 heterocycles. The summed E-state index contributed by atoms with van der Waals surface area (Å²) in [6.07, 6.45) is 3.96. The number of nitrogens with one attached hydrogen (secondary N) is 2. The smallest absolute Gasteiger partial charge is 0.225 e. The standard InChI is InChI=1S/C18H17BrFN5O/c19-14-3-2-13(10-15(14)20)23-17-11-16(12-4-7-21-8-5-12)24-18(25-17)22-6-1-9-26/h2-5,7-8,10-11,26H,1,6,9H2,(H2,22,23,24,25). The molecule has 2 aromatic heterocycles. The highest BCUT2D eigenvalue weighted by Gasteiger charge is 2.08. The first-order valence-corrected chi connectivity index (χ1v) is 8.81. The number of aliphatic hydroxyl groups is 1. The summed E-state index contributed by atoms with van der Waals surface area (Å²) in [6.45, 7) is 0.628. The van der Waals surface area contributed by atoms with Gasteiger partial charge in [-0.15, -0.1) is 0 Å². The maximum Gasteiger partial charge on any atom is 0.225 e. The van der Waals surface area contributed by atoms with E-state index in [-0.39, 0.29) is 12.4 Å². The van der Waals surface area contributed by atoms with Gasteiger partial charge in [0.1, 0.15) is 11.6 Å². The molecule has 0 saturated heterocycles. The van der Waals surface area contributed by atoms with Crippen molar-refractivity contribution in [2.75, 3.05) is 23.8 Å². The Morgan fingerprint density at radius 3 is 2.62 bits per heavy atom. The quantitative estimate of drug-likeness (QED) is 0.504. The minimum absolute atomic E-state index is 0.0837. The highest BCUT2D eigenvalue weighted by atomic mass is 79.9. The molecule has 0 fully saturated rings. The van der Waals surface area contributed by atoms with Crippen LogP contribution in [0.2, 0.25) is 0 Å². The van der Waals surface area contributed by atoms with Gasteiger partial charge in [0.15, 0.2) is 0 Å². The lowest BCUT2D eigenvalue weighted by Gasteiger charge is -2.11. The van der Waals surface area contributed by atoms with E-state index in [1.807, 2.05) is 12.1 Å². The summed E-state index contributed by atoms with van der Waals surface area (Å²) >= 11 is 3.14. The number of benzene rings is 1. The van der Waals surface area contributed by atoms with E-state index in [1.54, 1.807) is 30.6 Å². The van der Waals surface area contributed by atoms with E-state index in [9.17, 15) is 4.39 Å². The number of halogens is 2. The van der Waals surface area contributed by atoms with Gasteiger partial charge in [0, 0.05) is 42.9 Å². The lowest BCUT2D eigenvalue weighted by atomic mass is 10.2. The molecular formula is C18H17BrFN5O. The van der Waals surface area contributed by atoms with E-state index in [0.29, 0.717) is 40.6 Å². The molecule has 0 amide bonds. The Hall–Kier alpha value is -2.58. The van der Waals surface area contributed by atoms with Crippen LogP contribution < -0.4 is 10.6 Å². The average molecular weight is 418 g/mol. The SMILES string of the molecule is OCCCNc1nc(Nc2ccc(Br)c(F)c2)cc(-c2ccncc2)n1. The van der Waals surface area contributed by atoms with Crippen LogP contribution in [0.25, 0.3) is 11.3 Å². The monoisotopic (exact) mass is 417 g/mol. The zero-order valence-corrected chi connectivity index (χ0v) is 15.4. The molecule has 0 radical (unpaired) electrons. The summed E-state index contributed by atoms with van der Waals surface area (Å²) < 4.78 is 14.1. The zero-order chi connectivity index (χ0) is 18.4. The molecule has 3 rings (SSSR count). The zero-order valence-electron chi connectivity index (χ0n) is 13.8. The number of nitrogens with zero attached hydrogens (tertiary/aromatic N) is 3. The van der Waals surface area contributed by atoms with Crippen LogP contribution in [-0.4, -0.2) is 33.2 Å². The topological polar surface area (TPSA) is 83.0 Å². The van der Waals surface area contributed by atoms with Gasteiger partial charge in [0.05, 0.1) is 10.2 Å². The molecule has 0 bridgehead atoms. The summed E-state index contributed by atoms with van der Waals surface area (Å²) in [5.41, 5.74) is 2.16. The van der Waals surface area contributed by atoms with Gasteiger partial charge in [0.2, 0.25) is 5.95 Å². The van der Waals surface area contributed by atoms with Gasteiger partial charge < -0.3 is 15.7 Å². The average Bonchev–Trinajstić information content (AvgIpc) is 2.66. The normalized spacial score (nSPS) is 10.6. The summed E-state index contributed by atoms with van der Waals surface area (Å²) in [5, 5.41) is 15.1. The number of rotatable bonds is 7. The van der Waals surface area contributed by atoms with Crippen molar-refractivity contribution < 1.29 is 9.50 Å². The maximum atomic E-state index is 13.7. The van der Waals surface area contributed by atoms with Crippen molar-refractivity contribution >= 4 is 33.4 Å². The first kappa shape index (κ1) is 18.2. The molecule has 0 aliphatic carbocycles. The highest BCUT2D eigenvalue weighted by molar-refractivity contribution is 9.10. The molecule has 0 aliphatic heterocycles. The minimum atomic E-state index is -0.361. The second kappa shape index (κ2) is 8.68. The van der Waals surface area contributed by atoms with Crippen LogP contribution in [0.15, 0.2) is 53.3 Å². The van der Waals surface area contributed by atoms with E-state index in [2.05, 4.69) is 41.5 Å². The van der Waals surface area contributed by atoms with Crippen LogP contribution in [0, 0.1) is 5.82 Å². The number of anilines is 3. The van der Waals surface area contributed by atoms with Gasteiger partial charge in [-0.3, -0.25) is 4.98 Å². The van der Waals surface area contributed by atoms with E-state index >= 15 is 0 Å². The first-order valence-electron chi connectivity index (χ1n) is 8.02. The molecule has 0 aliphatic rings. The van der Waals surface area contributed by atoms with Crippen molar-refractivity contribution in [2.45, 2.75) is 6.42 Å². The molecule has 0 atom stereocenters. The Morgan fingerprint density at radius 1 is 1.08 bits per heavy atom. The second-order valence-electron chi connectivity index (χ2n) is 5.46. The first-order chi connectivity index (χ1) is 12.7. The number of hydrogen-bond donors (Lipinski definition) is 3. The Kier molecular flexibility index (Phi) is 6.08. The van der Waals surface area contributed by atoms with Crippen LogP contribution in [0.5, 0.6) is 0 Å². The number of aromatic nitrogens is 3. The molecule has 0 spiro atoms. The van der Waals surface area contributed by atoms with E-state index in [1.165, 1.54) is 6.07 Å². The third-order valence-electron chi connectivity index (χ3n) is 3.51. The Morgan fingerprint density at radius 2 is 1.88 bits per heavy atom. The van der Waals surface area contributed by atoms with Crippen LogP contribution in [-0.2, 0) is 0 Å². The van der Waals surface area contributed by atoms with Gasteiger partial charge in [-0.25, -0.2) is 9.37 Å². The second-order valence-corrected chi connectivity index (χ2v) is 6.31. The molecule has 3 N–H and O–H groups in total. The van der Waals surface area contributed by atoms with Gasteiger partial charge in [0.25, 0.3) is 0 Å². The van der Waals surface area contributed by atoms with Crippen molar-refractivity contribution in [1.29, 1.82) is 0 Å². The van der Waals surface area contributed by atoms with Gasteiger partial charge in [-0.2, -0.15) is 4.98 Å². The van der Waals surface area contributed by atoms with Gasteiger partial charge in [-0.1, -0.05) is 0 Å². The van der Waals surface area contributed by atoms with Crippen molar-refractivity contribution in [3.8, 4) is 11.3 Å². The van der Waals surface area contributed by atoms with Gasteiger partial charge in [-0.05, 0) is 52.7 Å². The summed E-state index contributed by atoms with van der Waals surface area (Å²) in [5.74, 6) is 0.590. The number of hydrogen-bond acceptors (Lipinski definition) is 6. The molecule has 8 heteroatoms. The molecule has 6 nitrogen and oxygen atoms in total. The Balaban J connectivity index is 1.91. The summed E-state index contributed by atoms with van der Waals surface area (Å²) in [7, 11) is 0. The summed E-state index contributed by atoms with van der Waals surface area (Å²) in [6, 6.07) is 10.2. The predicted octanol–water partition coefficient (Wildman–Crippen LogP) is 3.98. The van der Waals surface area contributed by atoms with Crippen LogP contribution in [0.4, 0.5) is 21.8 Å². The molecule has 26 heavy (non-hydrogen) atoms. The maximum absolute atomic E-state index is 13.7. The third-order valence-corrected chi connectivity index (χ3v) is 4.16. The fraction of sp³-hybridized carbons (Fsp3) is 0.167. The van der Waals surface area contributed by atoms with Crippen molar-refractivity contribution in [3.63, 3.8) is 0 Å². The number of pyridine rings is 1. The summed E-state index contributed by atoms with van der Waals surface area (Å²) in [4.78, 5) is 12.9. The fourth-order valence-corrected chi connectivity index (χ4v) is 2.51. The van der Waals surface area contributed by atoms with E-state index in [4.69, 9.17) is 5.11 Å². The predicted molar refractivity (Wildman–Crippen MR) is 103 cm³/mol. The largest absolute Gasteiger partial charge is 0.396 e. The lowest BCUT2D eigenvalue weighted by molar-refractivity contribution is 0.292. The fourth-order valence-electron chi connectivity index (χ4n) is 2.26. The highest BCUT2D eigenvalue weighted by Crippen LogP contribution is 2.25. The lowest BCUT2D eigenvalue weighted by Crippen LogP contribution is -2.08.